The molecule has 3 N–H and O–H groups in total. The smallest absolute Gasteiger partial charge is 0.306 e. The van der Waals surface area contributed by atoms with Crippen molar-refractivity contribution in [2.75, 3.05) is 6.61 Å². The van der Waals surface area contributed by atoms with Crippen molar-refractivity contribution in [3.8, 4) is 0 Å². The highest BCUT2D eigenvalue weighted by atomic mass is 32.2. The Labute approximate surface area is 143 Å². The summed E-state index contributed by atoms with van der Waals surface area (Å²) < 4.78 is 57.5. The predicted octanol–water partition coefficient (Wildman–Crippen LogP) is 2.77. The Kier molecular flexibility index (Phi) is 6.38. The molecule has 2 unspecified atom stereocenters. The zero-order chi connectivity index (χ0) is 18.9. The summed E-state index contributed by atoms with van der Waals surface area (Å²) in [4.78, 5) is 0. The third kappa shape index (κ3) is 4.23. The van der Waals surface area contributed by atoms with E-state index >= 15 is 0 Å². The maximum absolute atomic E-state index is 14.6. The molecule has 0 amide bonds. The summed E-state index contributed by atoms with van der Waals surface area (Å²) in [5.74, 6) is -5.20. The first kappa shape index (κ1) is 21.2. The van der Waals surface area contributed by atoms with Crippen molar-refractivity contribution in [2.24, 2.45) is 0 Å². The molecule has 0 bridgehead atoms. The van der Waals surface area contributed by atoms with Crippen LogP contribution in [0.25, 0.3) is 0 Å². The van der Waals surface area contributed by atoms with Gasteiger partial charge in [0.2, 0.25) is 0 Å². The Bertz CT molecular complexity index is 576. The van der Waals surface area contributed by atoms with Crippen LogP contribution in [0.1, 0.15) is 51.8 Å². The van der Waals surface area contributed by atoms with Crippen molar-refractivity contribution >= 4 is 11.4 Å². The lowest BCUT2D eigenvalue weighted by Crippen LogP contribution is -2.47. The number of benzene rings is 1. The molecule has 0 saturated heterocycles. The van der Waals surface area contributed by atoms with Gasteiger partial charge in [0.25, 0.3) is 0 Å². The Morgan fingerprint density at radius 2 is 1.79 bits per heavy atom. The molecule has 0 spiro atoms. The zero-order valence-electron chi connectivity index (χ0n) is 14.4. The molecular formula is C16H24F3NO3S. The van der Waals surface area contributed by atoms with E-state index in [0.717, 1.165) is 13.0 Å². The minimum absolute atomic E-state index is 0.0986. The van der Waals surface area contributed by atoms with Gasteiger partial charge in [0.05, 0.1) is 18.2 Å². The maximum atomic E-state index is 14.6. The van der Waals surface area contributed by atoms with Crippen LogP contribution in [0.3, 0.4) is 0 Å². The Hall–Kier alpha value is -0.800. The number of hydrogen-bond acceptors (Lipinski definition) is 4. The van der Waals surface area contributed by atoms with Gasteiger partial charge in [-0.3, -0.25) is 0 Å². The molecule has 0 aliphatic heterocycles. The second-order valence-corrected chi connectivity index (χ2v) is 8.93. The summed E-state index contributed by atoms with van der Waals surface area (Å²) in [5, 5.41) is 18.6. The fourth-order valence-corrected chi connectivity index (χ4v) is 2.72. The molecule has 1 rings (SSSR count). The molecule has 0 heterocycles. The molecule has 0 saturated carbocycles. The Morgan fingerprint density at radius 1 is 1.25 bits per heavy atom. The van der Waals surface area contributed by atoms with E-state index in [1.165, 1.54) is 19.1 Å². The van der Waals surface area contributed by atoms with Gasteiger partial charge < -0.3 is 14.8 Å². The van der Waals surface area contributed by atoms with Crippen molar-refractivity contribution in [3.05, 3.63) is 35.1 Å². The molecule has 1 aromatic rings. The minimum atomic E-state index is -4.00. The highest BCUT2D eigenvalue weighted by Gasteiger charge is 2.52. The van der Waals surface area contributed by atoms with Crippen molar-refractivity contribution in [1.29, 1.82) is 0 Å². The van der Waals surface area contributed by atoms with E-state index in [1.54, 1.807) is 20.8 Å². The first-order chi connectivity index (χ1) is 10.8. The van der Waals surface area contributed by atoms with Gasteiger partial charge in [-0.25, -0.2) is 4.39 Å². The van der Waals surface area contributed by atoms with Crippen LogP contribution in [0.4, 0.5) is 13.2 Å². The number of aliphatic hydroxyl groups is 2. The Morgan fingerprint density at radius 3 is 2.25 bits per heavy atom. The number of alkyl halides is 2. The maximum Gasteiger partial charge on any atom is 0.306 e. The van der Waals surface area contributed by atoms with E-state index in [9.17, 15) is 22.8 Å². The average molecular weight is 367 g/mol. The fraction of sp³-hybridized carbons (Fsp3) is 0.625. The average Bonchev–Trinajstić information content (AvgIpc) is 2.45. The summed E-state index contributed by atoms with van der Waals surface area (Å²) in [6.07, 6.45) is 0. The van der Waals surface area contributed by atoms with Crippen molar-refractivity contribution in [2.45, 2.75) is 56.9 Å². The monoisotopic (exact) mass is 367 g/mol. The minimum Gasteiger partial charge on any atom is -0.598 e. The first-order valence-electron chi connectivity index (χ1n) is 7.43. The summed E-state index contributed by atoms with van der Waals surface area (Å²) in [5.41, 5.74) is -3.93. The van der Waals surface area contributed by atoms with Crippen molar-refractivity contribution < 1.29 is 27.9 Å². The quantitative estimate of drug-likeness (QED) is 0.676. The SMILES string of the molecule is C[C@@H](N[S+]([O-])C(C)(C)C)c1cccc(C(F)(F)C(C)(O)CO)c1F. The van der Waals surface area contributed by atoms with Gasteiger partial charge in [-0.2, -0.15) is 8.78 Å². The lowest BCUT2D eigenvalue weighted by Gasteiger charge is -2.32. The standard InChI is InChI=1S/C16H24F3NO3S/c1-10(20-24(23)14(2,3)4)11-7-6-8-12(13(11)17)16(18,19)15(5,22)9-21/h6-8,10,20-22H,9H2,1-5H3/t10-,15?,24?/m1/s1. The normalized spacial score (nSPS) is 18.1. The number of aliphatic hydroxyl groups excluding tert-OH is 1. The molecule has 4 nitrogen and oxygen atoms in total. The molecule has 8 heteroatoms. The third-order valence-corrected chi connectivity index (χ3v) is 5.34. The van der Waals surface area contributed by atoms with Crippen LogP contribution in [0.5, 0.6) is 0 Å². The fourth-order valence-electron chi connectivity index (χ4n) is 1.92. The number of nitrogens with one attached hydrogen (secondary N) is 1. The molecule has 24 heavy (non-hydrogen) atoms. The zero-order valence-corrected chi connectivity index (χ0v) is 15.2. The van der Waals surface area contributed by atoms with Crippen LogP contribution in [0, 0.1) is 5.82 Å². The summed E-state index contributed by atoms with van der Waals surface area (Å²) in [7, 11) is 0. The van der Waals surface area contributed by atoms with Gasteiger partial charge in [-0.1, -0.05) is 12.1 Å². The van der Waals surface area contributed by atoms with Crippen LogP contribution in [-0.2, 0) is 17.3 Å². The van der Waals surface area contributed by atoms with E-state index in [1.807, 2.05) is 0 Å². The molecule has 0 aromatic heterocycles. The lowest BCUT2D eigenvalue weighted by molar-refractivity contribution is -0.197. The van der Waals surface area contributed by atoms with Crippen LogP contribution in [0.2, 0.25) is 0 Å². The lowest BCUT2D eigenvalue weighted by atomic mass is 9.90. The summed E-state index contributed by atoms with van der Waals surface area (Å²) in [6.45, 7) is 6.18. The molecule has 3 atom stereocenters. The number of hydrogen-bond donors (Lipinski definition) is 3. The third-order valence-electron chi connectivity index (χ3n) is 3.66. The van der Waals surface area contributed by atoms with E-state index in [-0.39, 0.29) is 5.56 Å². The van der Waals surface area contributed by atoms with Gasteiger partial charge >= 0.3 is 5.92 Å². The number of rotatable bonds is 6. The summed E-state index contributed by atoms with van der Waals surface area (Å²) >= 11 is -1.52. The van der Waals surface area contributed by atoms with Crippen LogP contribution in [-0.4, -0.2) is 31.7 Å². The van der Waals surface area contributed by atoms with Crippen LogP contribution in [0.15, 0.2) is 18.2 Å². The highest BCUT2D eigenvalue weighted by Crippen LogP contribution is 2.41. The van der Waals surface area contributed by atoms with E-state index in [2.05, 4.69) is 4.72 Å². The number of halogens is 3. The first-order valence-corrected chi connectivity index (χ1v) is 8.58. The molecule has 0 fully saturated rings. The van der Waals surface area contributed by atoms with Crippen molar-refractivity contribution in [3.63, 3.8) is 0 Å². The van der Waals surface area contributed by atoms with Crippen LogP contribution >= 0.6 is 0 Å². The molecule has 0 aliphatic carbocycles. The topological polar surface area (TPSA) is 75.5 Å². The van der Waals surface area contributed by atoms with Gasteiger partial charge in [0.15, 0.2) is 5.60 Å². The molecular weight excluding hydrogens is 343 g/mol. The van der Waals surface area contributed by atoms with Crippen molar-refractivity contribution in [1.82, 2.24) is 4.72 Å². The van der Waals surface area contributed by atoms with Gasteiger partial charge in [0.1, 0.15) is 10.6 Å². The molecule has 138 valence electrons. The van der Waals surface area contributed by atoms with Gasteiger partial charge in [-0.15, -0.1) is 4.72 Å². The summed E-state index contributed by atoms with van der Waals surface area (Å²) in [6, 6.07) is 2.60. The highest BCUT2D eigenvalue weighted by molar-refractivity contribution is 7.90. The second kappa shape index (κ2) is 7.21. The van der Waals surface area contributed by atoms with E-state index in [0.29, 0.717) is 0 Å². The second-order valence-electron chi connectivity index (χ2n) is 6.94. The predicted molar refractivity (Wildman–Crippen MR) is 87.4 cm³/mol. The van der Waals surface area contributed by atoms with Gasteiger partial charge in [0, 0.05) is 16.9 Å². The molecule has 1 aromatic carbocycles. The van der Waals surface area contributed by atoms with E-state index < -0.39 is 51.7 Å². The molecule has 0 radical (unpaired) electrons. The van der Waals surface area contributed by atoms with Gasteiger partial charge in [-0.05, 0) is 40.7 Å². The van der Waals surface area contributed by atoms with Crippen LogP contribution < -0.4 is 4.72 Å². The largest absolute Gasteiger partial charge is 0.598 e. The molecule has 0 aliphatic rings. The Balaban J connectivity index is 3.23. The van der Waals surface area contributed by atoms with E-state index in [4.69, 9.17) is 5.11 Å².